The third-order valence-corrected chi connectivity index (χ3v) is 4.60. The van der Waals surface area contributed by atoms with Crippen LogP contribution in [0.25, 0.3) is 0 Å². The number of halogens is 1. The van der Waals surface area contributed by atoms with Crippen LogP contribution in [0.2, 0.25) is 0 Å². The van der Waals surface area contributed by atoms with Gasteiger partial charge in [-0.1, -0.05) is 28.9 Å². The minimum absolute atomic E-state index is 0.300. The zero-order chi connectivity index (χ0) is 15.1. The van der Waals surface area contributed by atoms with Crippen molar-refractivity contribution in [1.29, 1.82) is 0 Å². The number of rotatable bonds is 8. The normalized spacial score (nSPS) is 12.3. The molecule has 1 heterocycles. The summed E-state index contributed by atoms with van der Waals surface area (Å²) in [6.45, 7) is 6.09. The van der Waals surface area contributed by atoms with Crippen LogP contribution >= 0.6 is 27.3 Å². The van der Waals surface area contributed by atoms with Crippen LogP contribution in [0.15, 0.2) is 39.5 Å². The Hall–Kier alpha value is -0.840. The minimum atomic E-state index is 0.300. The van der Waals surface area contributed by atoms with E-state index in [1.807, 2.05) is 0 Å². The molecule has 4 heteroatoms. The van der Waals surface area contributed by atoms with Gasteiger partial charge in [-0.05, 0) is 54.4 Å². The summed E-state index contributed by atoms with van der Waals surface area (Å²) in [5.41, 5.74) is 2.56. The molecular formula is C17H22BrNOS. The Bertz CT molecular complexity index is 542. The summed E-state index contributed by atoms with van der Waals surface area (Å²) < 4.78 is 7.08. The van der Waals surface area contributed by atoms with E-state index < -0.39 is 0 Å². The Morgan fingerprint density at radius 3 is 2.90 bits per heavy atom. The molecule has 1 aromatic carbocycles. The van der Waals surface area contributed by atoms with Gasteiger partial charge in [0.15, 0.2) is 0 Å². The summed E-state index contributed by atoms with van der Waals surface area (Å²) >= 11 is 5.26. The van der Waals surface area contributed by atoms with E-state index in [9.17, 15) is 0 Å². The topological polar surface area (TPSA) is 21.3 Å². The van der Waals surface area contributed by atoms with Crippen molar-refractivity contribution in [2.75, 3.05) is 13.2 Å². The van der Waals surface area contributed by atoms with E-state index in [0.29, 0.717) is 12.6 Å². The molecule has 0 amide bonds. The van der Waals surface area contributed by atoms with Crippen LogP contribution in [0.3, 0.4) is 0 Å². The van der Waals surface area contributed by atoms with E-state index in [2.05, 4.69) is 70.1 Å². The third kappa shape index (κ3) is 5.13. The average molecular weight is 368 g/mol. The van der Waals surface area contributed by atoms with Crippen LogP contribution in [0.5, 0.6) is 5.75 Å². The van der Waals surface area contributed by atoms with E-state index in [0.717, 1.165) is 29.6 Å². The standard InChI is InChI=1S/C17H22BrNOS/c1-3-8-19-13(2)16-5-4-15(18)11-17(16)20-9-6-14-7-10-21-12-14/h4-5,7,10-13,19H,3,6,8-9H2,1-2H3. The fourth-order valence-electron chi connectivity index (χ4n) is 2.18. The van der Waals surface area contributed by atoms with Gasteiger partial charge < -0.3 is 10.1 Å². The molecule has 0 radical (unpaired) electrons. The van der Waals surface area contributed by atoms with Gasteiger partial charge >= 0.3 is 0 Å². The molecule has 114 valence electrons. The molecule has 0 aliphatic heterocycles. The van der Waals surface area contributed by atoms with Gasteiger partial charge in [0.05, 0.1) is 6.61 Å². The molecule has 2 rings (SSSR count). The highest BCUT2D eigenvalue weighted by molar-refractivity contribution is 9.10. The first kappa shape index (κ1) is 16.5. The van der Waals surface area contributed by atoms with Crippen LogP contribution in [0.1, 0.15) is 37.4 Å². The van der Waals surface area contributed by atoms with Crippen molar-refractivity contribution in [3.63, 3.8) is 0 Å². The number of nitrogens with one attached hydrogen (secondary N) is 1. The van der Waals surface area contributed by atoms with Crippen molar-refractivity contribution < 1.29 is 4.74 Å². The van der Waals surface area contributed by atoms with Crippen molar-refractivity contribution in [2.24, 2.45) is 0 Å². The van der Waals surface area contributed by atoms with E-state index in [-0.39, 0.29) is 0 Å². The summed E-state index contributed by atoms with van der Waals surface area (Å²) in [5, 5.41) is 7.80. The lowest BCUT2D eigenvalue weighted by Gasteiger charge is -2.18. The van der Waals surface area contributed by atoms with Gasteiger partial charge in [-0.15, -0.1) is 0 Å². The zero-order valence-corrected chi connectivity index (χ0v) is 15.0. The highest BCUT2D eigenvalue weighted by Gasteiger charge is 2.11. The smallest absolute Gasteiger partial charge is 0.125 e. The molecule has 0 spiro atoms. The number of thiophene rings is 1. The molecule has 2 nitrogen and oxygen atoms in total. The minimum Gasteiger partial charge on any atom is -0.493 e. The molecule has 2 aromatic rings. The Morgan fingerprint density at radius 1 is 1.33 bits per heavy atom. The lowest BCUT2D eigenvalue weighted by molar-refractivity contribution is 0.315. The first-order chi connectivity index (χ1) is 10.2. The third-order valence-electron chi connectivity index (χ3n) is 3.37. The molecule has 0 saturated carbocycles. The molecule has 0 saturated heterocycles. The van der Waals surface area contributed by atoms with Crippen LogP contribution in [0.4, 0.5) is 0 Å². The van der Waals surface area contributed by atoms with Gasteiger partial charge in [0.1, 0.15) is 5.75 Å². The highest BCUT2D eigenvalue weighted by Crippen LogP contribution is 2.29. The molecular weight excluding hydrogens is 346 g/mol. The molecule has 0 aliphatic carbocycles. The van der Waals surface area contributed by atoms with Gasteiger partial charge in [-0.3, -0.25) is 0 Å². The number of ether oxygens (including phenoxy) is 1. The molecule has 0 aliphatic rings. The summed E-state index contributed by atoms with van der Waals surface area (Å²) in [6.07, 6.45) is 2.08. The van der Waals surface area contributed by atoms with Crippen molar-refractivity contribution in [3.8, 4) is 5.75 Å². The number of hydrogen-bond acceptors (Lipinski definition) is 3. The Balaban J connectivity index is 2.00. The van der Waals surface area contributed by atoms with Crippen molar-refractivity contribution >= 4 is 27.3 Å². The predicted molar refractivity (Wildman–Crippen MR) is 94.4 cm³/mol. The lowest BCUT2D eigenvalue weighted by atomic mass is 10.1. The molecule has 0 fully saturated rings. The average Bonchev–Trinajstić information content (AvgIpc) is 2.98. The summed E-state index contributed by atoms with van der Waals surface area (Å²) in [7, 11) is 0. The van der Waals surface area contributed by atoms with Crippen LogP contribution < -0.4 is 10.1 Å². The molecule has 1 atom stereocenters. The zero-order valence-electron chi connectivity index (χ0n) is 12.6. The Morgan fingerprint density at radius 2 is 2.19 bits per heavy atom. The largest absolute Gasteiger partial charge is 0.493 e. The molecule has 1 N–H and O–H groups in total. The second-order valence-electron chi connectivity index (χ2n) is 5.09. The molecule has 1 aromatic heterocycles. The Kier molecular flexibility index (Phi) is 6.74. The Labute approximate surface area is 139 Å². The maximum atomic E-state index is 6.03. The monoisotopic (exact) mass is 367 g/mol. The van der Waals surface area contributed by atoms with E-state index >= 15 is 0 Å². The molecule has 1 unspecified atom stereocenters. The second-order valence-corrected chi connectivity index (χ2v) is 6.78. The fourth-order valence-corrected chi connectivity index (χ4v) is 3.22. The van der Waals surface area contributed by atoms with Gasteiger partial charge in [0.25, 0.3) is 0 Å². The summed E-state index contributed by atoms with van der Waals surface area (Å²) in [4.78, 5) is 0. The van der Waals surface area contributed by atoms with E-state index in [1.165, 1.54) is 11.1 Å². The van der Waals surface area contributed by atoms with Crippen molar-refractivity contribution in [2.45, 2.75) is 32.7 Å². The van der Waals surface area contributed by atoms with Gasteiger partial charge in [0.2, 0.25) is 0 Å². The lowest BCUT2D eigenvalue weighted by Crippen LogP contribution is -2.20. The second kappa shape index (κ2) is 8.57. The predicted octanol–water partition coefficient (Wildman–Crippen LogP) is 5.19. The maximum absolute atomic E-state index is 6.03. The highest BCUT2D eigenvalue weighted by atomic mass is 79.9. The van der Waals surface area contributed by atoms with Crippen molar-refractivity contribution in [3.05, 3.63) is 50.6 Å². The van der Waals surface area contributed by atoms with Crippen LogP contribution in [-0.4, -0.2) is 13.2 Å². The molecule has 0 bridgehead atoms. The SMILES string of the molecule is CCCNC(C)c1ccc(Br)cc1OCCc1ccsc1. The first-order valence-electron chi connectivity index (χ1n) is 7.37. The first-order valence-corrected chi connectivity index (χ1v) is 9.11. The van der Waals surface area contributed by atoms with Gasteiger partial charge in [-0.25, -0.2) is 0 Å². The van der Waals surface area contributed by atoms with Crippen LogP contribution in [0, 0.1) is 0 Å². The van der Waals surface area contributed by atoms with Crippen molar-refractivity contribution in [1.82, 2.24) is 5.32 Å². The molecule has 21 heavy (non-hydrogen) atoms. The summed E-state index contributed by atoms with van der Waals surface area (Å²) in [6, 6.07) is 8.73. The van der Waals surface area contributed by atoms with Gasteiger partial charge in [0, 0.05) is 22.5 Å². The quantitative estimate of drug-likeness (QED) is 0.692. The van der Waals surface area contributed by atoms with E-state index in [1.54, 1.807) is 11.3 Å². The van der Waals surface area contributed by atoms with Crippen LogP contribution in [-0.2, 0) is 6.42 Å². The maximum Gasteiger partial charge on any atom is 0.125 e. The number of benzene rings is 1. The fraction of sp³-hybridized carbons (Fsp3) is 0.412. The van der Waals surface area contributed by atoms with Gasteiger partial charge in [-0.2, -0.15) is 11.3 Å². The summed E-state index contributed by atoms with van der Waals surface area (Å²) in [5.74, 6) is 0.968. The number of hydrogen-bond donors (Lipinski definition) is 1. The van der Waals surface area contributed by atoms with E-state index in [4.69, 9.17) is 4.74 Å².